The molecule has 0 aliphatic heterocycles. The Morgan fingerprint density at radius 1 is 1.50 bits per heavy atom. The quantitative estimate of drug-likeness (QED) is 0.669. The highest BCUT2D eigenvalue weighted by molar-refractivity contribution is 7.16. The van der Waals surface area contributed by atoms with Gasteiger partial charge in [-0.2, -0.15) is 0 Å². The maximum Gasteiger partial charge on any atom is 0.153 e. The van der Waals surface area contributed by atoms with Crippen molar-refractivity contribution >= 4 is 21.6 Å². The number of rotatable bonds is 1. The molecule has 0 N–H and O–H groups in total. The van der Waals surface area contributed by atoms with E-state index in [0.29, 0.717) is 0 Å². The van der Waals surface area contributed by atoms with Crippen LogP contribution in [-0.2, 0) is 0 Å². The van der Waals surface area contributed by atoms with Gasteiger partial charge in [-0.15, -0.1) is 11.3 Å². The third-order valence-corrected chi connectivity index (χ3v) is 2.54. The Morgan fingerprint density at radius 2 is 2.33 bits per heavy atom. The number of benzene rings is 1. The topological polar surface area (TPSA) is 22.1 Å². The third kappa shape index (κ3) is 0.975. The summed E-state index contributed by atoms with van der Waals surface area (Å²) in [5, 5.41) is 0. The van der Waals surface area contributed by atoms with Crippen molar-refractivity contribution in [1.29, 1.82) is 0 Å². The van der Waals surface area contributed by atoms with Crippen molar-refractivity contribution in [2.24, 2.45) is 0 Å². The van der Waals surface area contributed by atoms with Gasteiger partial charge in [-0.1, -0.05) is 6.07 Å². The average Bonchev–Trinajstić information content (AvgIpc) is 2.52. The lowest BCUT2D eigenvalue weighted by molar-refractivity contribution is 0.416. The number of aromatic nitrogens is 1. The molecule has 0 aliphatic carbocycles. The monoisotopic (exact) mass is 178 g/mol. The predicted octanol–water partition coefficient (Wildman–Crippen LogP) is 2.41. The van der Waals surface area contributed by atoms with Gasteiger partial charge >= 0.3 is 0 Å². The maximum atomic E-state index is 5.24. The van der Waals surface area contributed by atoms with Crippen LogP contribution in [0.25, 0.3) is 10.2 Å². The number of methoxy groups -OCH3 is 1. The van der Waals surface area contributed by atoms with Crippen molar-refractivity contribution in [3.05, 3.63) is 23.2 Å². The van der Waals surface area contributed by atoms with E-state index in [0.717, 1.165) is 21.5 Å². The molecule has 61 valence electrons. The molecule has 1 aromatic heterocycles. The zero-order valence-corrected chi connectivity index (χ0v) is 7.73. The van der Waals surface area contributed by atoms with Gasteiger partial charge in [-0.25, -0.2) is 4.98 Å². The molecule has 0 aliphatic rings. The van der Waals surface area contributed by atoms with Gasteiger partial charge in [0.25, 0.3) is 0 Å². The molecule has 0 saturated heterocycles. The first-order valence-electron chi connectivity index (χ1n) is 3.63. The minimum Gasteiger partial charge on any atom is -0.494 e. The van der Waals surface area contributed by atoms with Crippen LogP contribution in [0, 0.1) is 12.4 Å². The lowest BCUT2D eigenvalue weighted by atomic mass is 10.2. The summed E-state index contributed by atoms with van der Waals surface area (Å²) in [6.07, 6.45) is 0. The SMILES string of the molecule is COc1c(C)ccc2s[c]nc12. The molecule has 0 bridgehead atoms. The molecule has 0 fully saturated rings. The Kier molecular flexibility index (Phi) is 1.73. The fourth-order valence-electron chi connectivity index (χ4n) is 1.22. The molecule has 2 nitrogen and oxygen atoms in total. The number of hydrogen-bond donors (Lipinski definition) is 0. The van der Waals surface area contributed by atoms with Crippen molar-refractivity contribution in [2.75, 3.05) is 7.11 Å². The molecule has 2 aromatic rings. The molecule has 0 unspecified atom stereocenters. The molecule has 0 spiro atoms. The molecule has 3 heteroatoms. The van der Waals surface area contributed by atoms with Gasteiger partial charge in [0.05, 0.1) is 11.8 Å². The van der Waals surface area contributed by atoms with Crippen LogP contribution in [0.15, 0.2) is 12.1 Å². The zero-order chi connectivity index (χ0) is 8.55. The maximum absolute atomic E-state index is 5.24. The highest BCUT2D eigenvalue weighted by atomic mass is 32.1. The smallest absolute Gasteiger partial charge is 0.153 e. The lowest BCUT2D eigenvalue weighted by Gasteiger charge is -2.03. The normalized spacial score (nSPS) is 10.5. The second-order valence-corrected chi connectivity index (χ2v) is 3.39. The van der Waals surface area contributed by atoms with E-state index in [-0.39, 0.29) is 0 Å². The average molecular weight is 178 g/mol. The summed E-state index contributed by atoms with van der Waals surface area (Å²) >= 11 is 1.51. The van der Waals surface area contributed by atoms with Crippen LogP contribution in [0.5, 0.6) is 5.75 Å². The summed E-state index contributed by atoms with van der Waals surface area (Å²) in [6.45, 7) is 2.01. The molecule has 1 aromatic carbocycles. The van der Waals surface area contributed by atoms with Crippen LogP contribution in [0.1, 0.15) is 5.56 Å². The minimum absolute atomic E-state index is 0.866. The van der Waals surface area contributed by atoms with Gasteiger partial charge in [-0.3, -0.25) is 0 Å². The minimum atomic E-state index is 0.866. The van der Waals surface area contributed by atoms with Gasteiger partial charge < -0.3 is 4.74 Å². The molecule has 1 heterocycles. The molecular formula is C9H8NOS. The molecule has 0 atom stereocenters. The molecule has 2 rings (SSSR count). The summed E-state index contributed by atoms with van der Waals surface area (Å²) < 4.78 is 6.36. The summed E-state index contributed by atoms with van der Waals surface area (Å²) in [6, 6.07) is 4.08. The van der Waals surface area contributed by atoms with Crippen LogP contribution in [0.3, 0.4) is 0 Å². The highest BCUT2D eigenvalue weighted by Crippen LogP contribution is 2.29. The molecule has 1 radical (unpaired) electrons. The van der Waals surface area contributed by atoms with Gasteiger partial charge in [-0.05, 0) is 18.6 Å². The van der Waals surface area contributed by atoms with Crippen molar-refractivity contribution in [2.45, 2.75) is 6.92 Å². The van der Waals surface area contributed by atoms with Crippen molar-refractivity contribution in [1.82, 2.24) is 4.98 Å². The Hall–Kier alpha value is -1.09. The van der Waals surface area contributed by atoms with E-state index in [1.807, 2.05) is 19.1 Å². The Bertz CT molecular complexity index is 408. The van der Waals surface area contributed by atoms with Crippen molar-refractivity contribution in [3.63, 3.8) is 0 Å². The van der Waals surface area contributed by atoms with E-state index in [2.05, 4.69) is 10.5 Å². The number of aryl methyl sites for hydroxylation is 1. The third-order valence-electron chi connectivity index (χ3n) is 1.81. The van der Waals surface area contributed by atoms with E-state index in [4.69, 9.17) is 4.74 Å². The van der Waals surface area contributed by atoms with Crippen LogP contribution >= 0.6 is 11.3 Å². The molecular weight excluding hydrogens is 170 g/mol. The zero-order valence-electron chi connectivity index (χ0n) is 6.92. The van der Waals surface area contributed by atoms with Crippen molar-refractivity contribution in [3.8, 4) is 5.75 Å². The van der Waals surface area contributed by atoms with Crippen LogP contribution in [0.4, 0.5) is 0 Å². The highest BCUT2D eigenvalue weighted by Gasteiger charge is 2.06. The van der Waals surface area contributed by atoms with Gasteiger partial charge in [0.2, 0.25) is 0 Å². The van der Waals surface area contributed by atoms with E-state index < -0.39 is 0 Å². The van der Waals surface area contributed by atoms with E-state index >= 15 is 0 Å². The standard InChI is InChI=1S/C9H8NOS/c1-6-3-4-7-8(9(6)11-2)10-5-12-7/h3-4H,1-2H3. The fraction of sp³-hybridized carbons (Fsp3) is 0.222. The Morgan fingerprint density at radius 3 is 3.08 bits per heavy atom. The van der Waals surface area contributed by atoms with Gasteiger partial charge in [0, 0.05) is 0 Å². The number of hydrogen-bond acceptors (Lipinski definition) is 3. The van der Waals surface area contributed by atoms with Crippen molar-refractivity contribution < 1.29 is 4.74 Å². The number of thiazole rings is 1. The number of ether oxygens (including phenoxy) is 1. The first-order chi connectivity index (χ1) is 5.83. The first-order valence-corrected chi connectivity index (χ1v) is 4.45. The number of fused-ring (bicyclic) bond motifs is 1. The summed E-state index contributed by atoms with van der Waals surface area (Å²) in [7, 11) is 1.67. The lowest BCUT2D eigenvalue weighted by Crippen LogP contribution is -1.87. The van der Waals surface area contributed by atoms with E-state index in [1.165, 1.54) is 11.3 Å². The van der Waals surface area contributed by atoms with Gasteiger partial charge in [0.1, 0.15) is 11.3 Å². The van der Waals surface area contributed by atoms with Crippen LogP contribution < -0.4 is 4.74 Å². The summed E-state index contributed by atoms with van der Waals surface area (Å²) in [4.78, 5) is 4.12. The van der Waals surface area contributed by atoms with Gasteiger partial charge in [0.15, 0.2) is 5.51 Å². The fourth-order valence-corrected chi connectivity index (χ4v) is 1.82. The summed E-state index contributed by atoms with van der Waals surface area (Å²) in [5.74, 6) is 0.866. The number of nitrogens with zero attached hydrogens (tertiary/aromatic N) is 1. The largest absolute Gasteiger partial charge is 0.494 e. The molecule has 0 amide bonds. The van der Waals surface area contributed by atoms with E-state index in [9.17, 15) is 0 Å². The Labute approximate surface area is 74.8 Å². The second-order valence-electron chi connectivity index (χ2n) is 2.57. The van der Waals surface area contributed by atoms with Crippen LogP contribution in [0.2, 0.25) is 0 Å². The molecule has 12 heavy (non-hydrogen) atoms. The Balaban J connectivity index is 2.83. The molecule has 0 saturated carbocycles. The van der Waals surface area contributed by atoms with Crippen LogP contribution in [-0.4, -0.2) is 12.1 Å². The second kappa shape index (κ2) is 2.75. The van der Waals surface area contributed by atoms with E-state index in [1.54, 1.807) is 7.11 Å². The first kappa shape index (κ1) is 7.55. The predicted molar refractivity (Wildman–Crippen MR) is 49.7 cm³/mol. The summed E-state index contributed by atoms with van der Waals surface area (Å²) in [5.41, 5.74) is 4.89.